The van der Waals surface area contributed by atoms with E-state index in [1.54, 1.807) is 0 Å². The van der Waals surface area contributed by atoms with Crippen LogP contribution in [0.25, 0.3) is 0 Å². The topological polar surface area (TPSA) is 64.3 Å². The van der Waals surface area contributed by atoms with Crippen LogP contribution in [0.3, 0.4) is 0 Å². The van der Waals surface area contributed by atoms with Crippen molar-refractivity contribution in [3.05, 3.63) is 0 Å². The van der Waals surface area contributed by atoms with Gasteiger partial charge < -0.3 is 15.8 Å². The van der Waals surface area contributed by atoms with Crippen molar-refractivity contribution in [2.24, 2.45) is 5.73 Å². The number of hydrogen-bond acceptors (Lipinski definition) is 3. The first-order valence-corrected chi connectivity index (χ1v) is 5.76. The molecule has 4 heteroatoms. The smallest absolute Gasteiger partial charge is 0.220 e. The van der Waals surface area contributed by atoms with Crippen molar-refractivity contribution in [1.29, 1.82) is 0 Å². The SMILES string of the molecule is CCOCCCCNC(=O)CCC(C)N. The summed E-state index contributed by atoms with van der Waals surface area (Å²) >= 11 is 0. The molecular formula is C11H24N2O2. The number of ether oxygens (including phenoxy) is 1. The molecule has 0 heterocycles. The monoisotopic (exact) mass is 216 g/mol. The second-order valence-electron chi connectivity index (χ2n) is 3.77. The molecule has 0 aliphatic rings. The van der Waals surface area contributed by atoms with Crippen molar-refractivity contribution in [3.63, 3.8) is 0 Å². The fourth-order valence-electron chi connectivity index (χ4n) is 1.15. The van der Waals surface area contributed by atoms with Crippen molar-refractivity contribution in [2.75, 3.05) is 19.8 Å². The standard InChI is InChI=1S/C11H24N2O2/c1-3-15-9-5-4-8-13-11(14)7-6-10(2)12/h10H,3-9,12H2,1-2H3,(H,13,14). The number of nitrogens with two attached hydrogens (primary N) is 1. The quantitative estimate of drug-likeness (QED) is 0.566. The van der Waals surface area contributed by atoms with Crippen LogP contribution in [-0.2, 0) is 9.53 Å². The van der Waals surface area contributed by atoms with Gasteiger partial charge in [-0.25, -0.2) is 0 Å². The second-order valence-corrected chi connectivity index (χ2v) is 3.77. The number of unbranched alkanes of at least 4 members (excludes halogenated alkanes) is 1. The molecule has 0 spiro atoms. The first-order valence-electron chi connectivity index (χ1n) is 5.76. The molecule has 0 saturated heterocycles. The second kappa shape index (κ2) is 9.93. The van der Waals surface area contributed by atoms with Crippen LogP contribution < -0.4 is 11.1 Å². The molecule has 15 heavy (non-hydrogen) atoms. The third-order valence-corrected chi connectivity index (χ3v) is 2.07. The highest BCUT2D eigenvalue weighted by Gasteiger charge is 2.02. The number of hydrogen-bond donors (Lipinski definition) is 2. The summed E-state index contributed by atoms with van der Waals surface area (Å²) in [5, 5.41) is 2.86. The minimum atomic E-state index is 0.101. The van der Waals surface area contributed by atoms with E-state index in [1.807, 2.05) is 13.8 Å². The average molecular weight is 216 g/mol. The molecule has 1 atom stereocenters. The van der Waals surface area contributed by atoms with E-state index >= 15 is 0 Å². The van der Waals surface area contributed by atoms with Crippen LogP contribution >= 0.6 is 0 Å². The number of nitrogens with one attached hydrogen (secondary N) is 1. The molecule has 0 saturated carbocycles. The Morgan fingerprint density at radius 1 is 1.47 bits per heavy atom. The number of carbonyl (C=O) groups excluding carboxylic acids is 1. The fraction of sp³-hybridized carbons (Fsp3) is 0.909. The zero-order chi connectivity index (χ0) is 11.5. The van der Waals surface area contributed by atoms with Crippen LogP contribution in [0, 0.1) is 0 Å². The Morgan fingerprint density at radius 3 is 2.80 bits per heavy atom. The van der Waals surface area contributed by atoms with E-state index < -0.39 is 0 Å². The molecule has 3 N–H and O–H groups in total. The zero-order valence-electron chi connectivity index (χ0n) is 9.92. The Labute approximate surface area is 92.6 Å². The van der Waals surface area contributed by atoms with Gasteiger partial charge in [0.1, 0.15) is 0 Å². The van der Waals surface area contributed by atoms with Gasteiger partial charge in [0, 0.05) is 32.2 Å². The summed E-state index contributed by atoms with van der Waals surface area (Å²) in [4.78, 5) is 11.2. The van der Waals surface area contributed by atoms with E-state index in [9.17, 15) is 4.79 Å². The van der Waals surface area contributed by atoms with E-state index in [2.05, 4.69) is 5.32 Å². The van der Waals surface area contributed by atoms with Gasteiger partial charge in [0.15, 0.2) is 0 Å². The molecule has 0 aliphatic heterocycles. The molecule has 1 amide bonds. The Kier molecular flexibility index (Phi) is 9.52. The minimum absolute atomic E-state index is 0.101. The third-order valence-electron chi connectivity index (χ3n) is 2.07. The van der Waals surface area contributed by atoms with Gasteiger partial charge in [-0.1, -0.05) is 0 Å². The Balaban J connectivity index is 3.17. The summed E-state index contributed by atoms with van der Waals surface area (Å²) in [6, 6.07) is 0.105. The number of carbonyl (C=O) groups is 1. The van der Waals surface area contributed by atoms with Crippen LogP contribution in [0.4, 0.5) is 0 Å². The summed E-state index contributed by atoms with van der Waals surface area (Å²) in [6.45, 7) is 6.18. The average Bonchev–Trinajstić information content (AvgIpc) is 2.20. The maximum atomic E-state index is 11.2. The molecule has 4 nitrogen and oxygen atoms in total. The van der Waals surface area contributed by atoms with Gasteiger partial charge in [-0.05, 0) is 33.1 Å². The predicted molar refractivity (Wildman–Crippen MR) is 61.6 cm³/mol. The van der Waals surface area contributed by atoms with Crippen LogP contribution in [0.1, 0.15) is 39.5 Å². The lowest BCUT2D eigenvalue weighted by Crippen LogP contribution is -2.26. The van der Waals surface area contributed by atoms with E-state index in [1.165, 1.54) is 0 Å². The summed E-state index contributed by atoms with van der Waals surface area (Å²) < 4.78 is 5.19. The molecule has 0 radical (unpaired) electrons. The van der Waals surface area contributed by atoms with E-state index in [-0.39, 0.29) is 11.9 Å². The van der Waals surface area contributed by atoms with E-state index in [0.717, 1.165) is 39.0 Å². The molecule has 0 aliphatic carbocycles. The summed E-state index contributed by atoms with van der Waals surface area (Å²) in [6.07, 6.45) is 3.26. The van der Waals surface area contributed by atoms with Crippen LogP contribution in [0.5, 0.6) is 0 Å². The van der Waals surface area contributed by atoms with Crippen molar-refractivity contribution >= 4 is 5.91 Å². The lowest BCUT2D eigenvalue weighted by Gasteiger charge is -2.06. The maximum Gasteiger partial charge on any atom is 0.220 e. The summed E-state index contributed by atoms with van der Waals surface area (Å²) in [5.74, 6) is 0.101. The molecule has 90 valence electrons. The molecular weight excluding hydrogens is 192 g/mol. The van der Waals surface area contributed by atoms with Gasteiger partial charge in [-0.3, -0.25) is 4.79 Å². The lowest BCUT2D eigenvalue weighted by molar-refractivity contribution is -0.121. The largest absolute Gasteiger partial charge is 0.382 e. The molecule has 0 rings (SSSR count). The minimum Gasteiger partial charge on any atom is -0.382 e. The Hall–Kier alpha value is -0.610. The van der Waals surface area contributed by atoms with Gasteiger partial charge in [0.2, 0.25) is 5.91 Å². The van der Waals surface area contributed by atoms with Crippen LogP contribution in [0.15, 0.2) is 0 Å². The van der Waals surface area contributed by atoms with Crippen LogP contribution in [-0.4, -0.2) is 31.7 Å². The van der Waals surface area contributed by atoms with E-state index in [4.69, 9.17) is 10.5 Å². The van der Waals surface area contributed by atoms with E-state index in [0.29, 0.717) is 6.42 Å². The Bertz CT molecular complexity index is 161. The highest BCUT2D eigenvalue weighted by Crippen LogP contribution is 1.94. The maximum absolute atomic E-state index is 11.2. The molecule has 0 bridgehead atoms. The highest BCUT2D eigenvalue weighted by molar-refractivity contribution is 5.75. The van der Waals surface area contributed by atoms with Crippen molar-refractivity contribution in [1.82, 2.24) is 5.32 Å². The normalized spacial score (nSPS) is 12.5. The van der Waals surface area contributed by atoms with Gasteiger partial charge in [0.05, 0.1) is 0 Å². The number of rotatable bonds is 9. The molecule has 1 unspecified atom stereocenters. The van der Waals surface area contributed by atoms with Crippen LogP contribution in [0.2, 0.25) is 0 Å². The van der Waals surface area contributed by atoms with Gasteiger partial charge in [-0.15, -0.1) is 0 Å². The van der Waals surface area contributed by atoms with Crippen molar-refractivity contribution in [3.8, 4) is 0 Å². The summed E-state index contributed by atoms with van der Waals surface area (Å²) in [5.41, 5.74) is 5.55. The highest BCUT2D eigenvalue weighted by atomic mass is 16.5. The molecule has 0 aromatic heterocycles. The molecule has 0 aromatic rings. The predicted octanol–water partition coefficient (Wildman–Crippen LogP) is 1.05. The van der Waals surface area contributed by atoms with Crippen molar-refractivity contribution in [2.45, 2.75) is 45.6 Å². The Morgan fingerprint density at radius 2 is 2.20 bits per heavy atom. The first-order chi connectivity index (χ1) is 7.16. The third kappa shape index (κ3) is 11.3. The van der Waals surface area contributed by atoms with Gasteiger partial charge in [-0.2, -0.15) is 0 Å². The van der Waals surface area contributed by atoms with Gasteiger partial charge >= 0.3 is 0 Å². The first kappa shape index (κ1) is 14.4. The van der Waals surface area contributed by atoms with Gasteiger partial charge in [0.25, 0.3) is 0 Å². The van der Waals surface area contributed by atoms with Crippen molar-refractivity contribution < 1.29 is 9.53 Å². The number of amides is 1. The zero-order valence-corrected chi connectivity index (χ0v) is 9.92. The fourth-order valence-corrected chi connectivity index (χ4v) is 1.15. The molecule has 0 fully saturated rings. The molecule has 0 aromatic carbocycles. The summed E-state index contributed by atoms with van der Waals surface area (Å²) in [7, 11) is 0. The lowest BCUT2D eigenvalue weighted by atomic mass is 10.2.